The van der Waals surface area contributed by atoms with Crippen LogP contribution in [0.25, 0.3) is 17.1 Å². The molecule has 0 saturated carbocycles. The fourth-order valence-electron chi connectivity index (χ4n) is 2.04. The van der Waals surface area contributed by atoms with Gasteiger partial charge in [-0.25, -0.2) is 8.78 Å². The average Bonchev–Trinajstić information content (AvgIpc) is 2.94. The monoisotopic (exact) mass is 287 g/mol. The predicted molar refractivity (Wildman–Crippen MR) is 73.7 cm³/mol. The van der Waals surface area contributed by atoms with Crippen LogP contribution in [0.3, 0.4) is 0 Å². The SMILES string of the molecule is Cc1c(F)cccc1-n1nnnc1-c1ccc(F)c(N)c1. The molecule has 0 fully saturated rings. The van der Waals surface area contributed by atoms with E-state index >= 15 is 0 Å². The number of hydrogen-bond acceptors (Lipinski definition) is 4. The van der Waals surface area contributed by atoms with E-state index in [-0.39, 0.29) is 11.5 Å². The van der Waals surface area contributed by atoms with Crippen molar-refractivity contribution in [1.82, 2.24) is 20.2 Å². The van der Waals surface area contributed by atoms with Crippen molar-refractivity contribution in [2.75, 3.05) is 5.73 Å². The van der Waals surface area contributed by atoms with Gasteiger partial charge in [-0.3, -0.25) is 0 Å². The summed E-state index contributed by atoms with van der Waals surface area (Å²) in [4.78, 5) is 0. The van der Waals surface area contributed by atoms with Gasteiger partial charge in [0.1, 0.15) is 11.6 Å². The molecule has 7 heteroatoms. The van der Waals surface area contributed by atoms with Crippen molar-refractivity contribution in [2.24, 2.45) is 0 Å². The van der Waals surface area contributed by atoms with Gasteiger partial charge in [-0.15, -0.1) is 5.10 Å². The fraction of sp³-hybridized carbons (Fsp3) is 0.0714. The molecule has 2 aromatic carbocycles. The maximum atomic E-state index is 13.7. The number of halogens is 2. The minimum Gasteiger partial charge on any atom is -0.396 e. The highest BCUT2D eigenvalue weighted by Crippen LogP contribution is 2.25. The van der Waals surface area contributed by atoms with Crippen LogP contribution in [0.4, 0.5) is 14.5 Å². The van der Waals surface area contributed by atoms with E-state index in [1.165, 1.54) is 28.9 Å². The summed E-state index contributed by atoms with van der Waals surface area (Å²) in [5.41, 5.74) is 7.03. The average molecular weight is 287 g/mol. The number of nitrogens with zero attached hydrogens (tertiary/aromatic N) is 4. The molecule has 1 heterocycles. The lowest BCUT2D eigenvalue weighted by Gasteiger charge is -2.09. The van der Waals surface area contributed by atoms with Crippen molar-refractivity contribution >= 4 is 5.69 Å². The van der Waals surface area contributed by atoms with Gasteiger partial charge < -0.3 is 5.73 Å². The van der Waals surface area contributed by atoms with Gasteiger partial charge in [0.2, 0.25) is 0 Å². The first-order valence-electron chi connectivity index (χ1n) is 6.17. The summed E-state index contributed by atoms with van der Waals surface area (Å²) in [5.74, 6) is -0.511. The lowest BCUT2D eigenvalue weighted by atomic mass is 10.1. The Kier molecular flexibility index (Phi) is 3.09. The van der Waals surface area contributed by atoms with E-state index < -0.39 is 5.82 Å². The number of nitrogens with two attached hydrogens (primary N) is 1. The van der Waals surface area contributed by atoms with E-state index in [1.807, 2.05) is 0 Å². The van der Waals surface area contributed by atoms with Crippen molar-refractivity contribution in [3.05, 3.63) is 53.6 Å². The van der Waals surface area contributed by atoms with Crippen molar-refractivity contribution in [3.8, 4) is 17.1 Å². The third kappa shape index (κ3) is 2.22. The summed E-state index contributed by atoms with van der Waals surface area (Å²) in [6, 6.07) is 8.82. The molecule has 0 aliphatic rings. The van der Waals surface area contributed by atoms with Crippen LogP contribution in [0, 0.1) is 18.6 Å². The van der Waals surface area contributed by atoms with E-state index in [0.717, 1.165) is 0 Å². The topological polar surface area (TPSA) is 69.6 Å². The summed E-state index contributed by atoms with van der Waals surface area (Å²) in [6.07, 6.45) is 0. The second kappa shape index (κ2) is 4.93. The Balaban J connectivity index is 2.17. The number of aromatic nitrogens is 4. The van der Waals surface area contributed by atoms with E-state index in [4.69, 9.17) is 5.73 Å². The molecule has 0 saturated heterocycles. The molecular weight excluding hydrogens is 276 g/mol. The van der Waals surface area contributed by atoms with E-state index in [9.17, 15) is 8.78 Å². The van der Waals surface area contributed by atoms with Gasteiger partial charge >= 0.3 is 0 Å². The minimum absolute atomic E-state index is 0.00184. The van der Waals surface area contributed by atoms with E-state index in [0.29, 0.717) is 22.6 Å². The zero-order valence-electron chi connectivity index (χ0n) is 11.1. The molecule has 0 bridgehead atoms. The smallest absolute Gasteiger partial charge is 0.187 e. The highest BCUT2D eigenvalue weighted by Gasteiger charge is 2.15. The molecule has 0 radical (unpaired) electrons. The largest absolute Gasteiger partial charge is 0.396 e. The van der Waals surface area contributed by atoms with Crippen molar-refractivity contribution in [1.29, 1.82) is 0 Å². The van der Waals surface area contributed by atoms with Gasteiger partial charge in [0.15, 0.2) is 5.82 Å². The summed E-state index contributed by atoms with van der Waals surface area (Å²) in [6.45, 7) is 1.63. The second-order valence-electron chi connectivity index (χ2n) is 4.53. The molecule has 3 aromatic rings. The molecule has 0 spiro atoms. The van der Waals surface area contributed by atoms with Gasteiger partial charge in [-0.05, 0) is 47.7 Å². The minimum atomic E-state index is -0.514. The Hall–Kier alpha value is -2.83. The third-order valence-electron chi connectivity index (χ3n) is 3.19. The molecule has 5 nitrogen and oxygen atoms in total. The van der Waals surface area contributed by atoms with Crippen LogP contribution in [0.2, 0.25) is 0 Å². The van der Waals surface area contributed by atoms with Crippen LogP contribution >= 0.6 is 0 Å². The van der Waals surface area contributed by atoms with E-state index in [2.05, 4.69) is 15.5 Å². The number of nitrogen functional groups attached to an aromatic ring is 1. The first kappa shape index (κ1) is 13.2. The van der Waals surface area contributed by atoms with Crippen molar-refractivity contribution in [3.63, 3.8) is 0 Å². The highest BCUT2D eigenvalue weighted by atomic mass is 19.1. The van der Waals surface area contributed by atoms with Gasteiger partial charge in [0.25, 0.3) is 0 Å². The number of rotatable bonds is 2. The normalized spacial score (nSPS) is 10.8. The molecule has 3 rings (SSSR count). The fourth-order valence-corrected chi connectivity index (χ4v) is 2.04. The summed E-state index contributed by atoms with van der Waals surface area (Å²) >= 11 is 0. The zero-order chi connectivity index (χ0) is 15.0. The second-order valence-corrected chi connectivity index (χ2v) is 4.53. The molecule has 0 aliphatic heterocycles. The van der Waals surface area contributed by atoms with E-state index in [1.54, 1.807) is 19.1 Å². The quantitative estimate of drug-likeness (QED) is 0.735. The molecule has 21 heavy (non-hydrogen) atoms. The molecule has 0 unspecified atom stereocenters. The van der Waals surface area contributed by atoms with Crippen molar-refractivity contribution in [2.45, 2.75) is 6.92 Å². The molecule has 0 aliphatic carbocycles. The lowest BCUT2D eigenvalue weighted by Crippen LogP contribution is -2.04. The zero-order valence-corrected chi connectivity index (χ0v) is 11.1. The maximum Gasteiger partial charge on any atom is 0.187 e. The number of anilines is 1. The highest BCUT2D eigenvalue weighted by molar-refractivity contribution is 5.63. The Bertz CT molecular complexity index is 813. The Morgan fingerprint density at radius 1 is 1.10 bits per heavy atom. The molecule has 0 atom stereocenters. The molecule has 2 N–H and O–H groups in total. The van der Waals surface area contributed by atoms with Crippen LogP contribution in [0.15, 0.2) is 36.4 Å². The molecule has 1 aromatic heterocycles. The van der Waals surface area contributed by atoms with Crippen LogP contribution in [0.1, 0.15) is 5.56 Å². The van der Waals surface area contributed by atoms with Crippen LogP contribution < -0.4 is 5.73 Å². The third-order valence-corrected chi connectivity index (χ3v) is 3.19. The number of hydrogen-bond donors (Lipinski definition) is 1. The number of benzene rings is 2. The lowest BCUT2D eigenvalue weighted by molar-refractivity contribution is 0.614. The standard InChI is InChI=1S/C14H11F2N5/c1-8-10(15)3-2-4-13(8)21-14(18-19-20-21)9-5-6-11(16)12(17)7-9/h2-7H,17H2,1H3. The summed E-state index contributed by atoms with van der Waals surface area (Å²) < 4.78 is 28.3. The van der Waals surface area contributed by atoms with Crippen LogP contribution in [-0.2, 0) is 0 Å². The van der Waals surface area contributed by atoms with Gasteiger partial charge in [-0.1, -0.05) is 6.07 Å². The Morgan fingerprint density at radius 2 is 1.90 bits per heavy atom. The van der Waals surface area contributed by atoms with Crippen LogP contribution in [-0.4, -0.2) is 20.2 Å². The molecular formula is C14H11F2N5. The van der Waals surface area contributed by atoms with Gasteiger partial charge in [-0.2, -0.15) is 4.68 Å². The Morgan fingerprint density at radius 3 is 2.67 bits per heavy atom. The Labute approximate surface area is 119 Å². The maximum absolute atomic E-state index is 13.7. The molecule has 106 valence electrons. The summed E-state index contributed by atoms with van der Waals surface area (Å²) in [5, 5.41) is 11.4. The predicted octanol–water partition coefficient (Wildman–Crippen LogP) is 2.50. The van der Waals surface area contributed by atoms with Gasteiger partial charge in [0.05, 0.1) is 11.4 Å². The summed E-state index contributed by atoms with van der Waals surface area (Å²) in [7, 11) is 0. The van der Waals surface area contributed by atoms with Crippen LogP contribution in [0.5, 0.6) is 0 Å². The number of tetrazole rings is 1. The van der Waals surface area contributed by atoms with Gasteiger partial charge in [0, 0.05) is 11.1 Å². The van der Waals surface area contributed by atoms with Crippen molar-refractivity contribution < 1.29 is 8.78 Å². The first-order chi connectivity index (χ1) is 10.1. The first-order valence-corrected chi connectivity index (χ1v) is 6.17. The molecule has 0 amide bonds.